The number of nitrogens with one attached hydrogen (secondary N) is 5. The number of piperidine rings is 1. The van der Waals surface area contributed by atoms with Crippen LogP contribution >= 0.6 is 0 Å². The molecule has 3 aliphatic rings. The highest BCUT2D eigenvalue weighted by Crippen LogP contribution is 2.42. The first-order valence-corrected chi connectivity index (χ1v) is 18.6. The van der Waals surface area contributed by atoms with E-state index in [1.165, 1.54) is 0 Å². The second kappa shape index (κ2) is 13.6. The number of para-hydroxylation sites is 2. The number of hydroxylamine groups is 2. The number of hydrogen-bond donors (Lipinski definition) is 6. The number of hydrogen-bond acceptors (Lipinski definition) is 8. The van der Waals surface area contributed by atoms with E-state index in [0.29, 0.717) is 31.5 Å². The number of H-pyrrole nitrogens is 2. The monoisotopic (exact) mass is 735 g/mol. The van der Waals surface area contributed by atoms with Crippen molar-refractivity contribution < 1.29 is 24.7 Å². The number of nitrogens with zero attached hydrogens (tertiary/aromatic N) is 5. The minimum atomic E-state index is -1.27. The van der Waals surface area contributed by atoms with Gasteiger partial charge in [0.25, 0.3) is 0 Å². The molecule has 2 aromatic carbocycles. The Balaban J connectivity index is 0.973. The van der Waals surface area contributed by atoms with Crippen LogP contribution in [0.2, 0.25) is 0 Å². The highest BCUT2D eigenvalue weighted by Gasteiger charge is 2.47. The van der Waals surface area contributed by atoms with Crippen LogP contribution < -0.4 is 16.0 Å². The third-order valence-corrected chi connectivity index (χ3v) is 11.5. The highest BCUT2D eigenvalue weighted by molar-refractivity contribution is 5.96. The average Bonchev–Trinajstić information content (AvgIpc) is 3.89. The van der Waals surface area contributed by atoms with Crippen molar-refractivity contribution in [2.45, 2.75) is 108 Å². The van der Waals surface area contributed by atoms with E-state index in [1.807, 2.05) is 76.2 Å². The van der Waals surface area contributed by atoms with Crippen LogP contribution in [0.1, 0.15) is 74.8 Å². The normalized spacial score (nSPS) is 21.8. The molecule has 0 aliphatic carbocycles. The summed E-state index contributed by atoms with van der Waals surface area (Å²) < 4.78 is 1.75. The predicted molar refractivity (Wildman–Crippen MR) is 199 cm³/mol. The molecule has 3 aromatic heterocycles. The number of amides is 3. The molecule has 54 heavy (non-hydrogen) atoms. The summed E-state index contributed by atoms with van der Waals surface area (Å²) in [4.78, 5) is 50.5. The number of rotatable bonds is 8. The Labute approximate surface area is 312 Å². The Morgan fingerprint density at radius 3 is 2.22 bits per heavy atom. The number of carbonyl (C=O) groups excluding carboxylic acids is 3. The zero-order valence-corrected chi connectivity index (χ0v) is 31.0. The van der Waals surface area contributed by atoms with Crippen LogP contribution in [0.25, 0.3) is 21.8 Å². The Morgan fingerprint density at radius 1 is 0.926 bits per heavy atom. The van der Waals surface area contributed by atoms with Crippen LogP contribution in [0, 0.1) is 0 Å². The highest BCUT2D eigenvalue weighted by atomic mass is 16.5. The predicted octanol–water partition coefficient (Wildman–Crippen LogP) is 2.54. The molecule has 6 heterocycles. The van der Waals surface area contributed by atoms with Crippen LogP contribution in [0.4, 0.5) is 0 Å². The molecule has 15 nitrogen and oxygen atoms in total. The van der Waals surface area contributed by atoms with Gasteiger partial charge in [-0.25, -0.2) is 4.68 Å². The maximum atomic E-state index is 14.4. The number of carbonyl (C=O) groups is 3. The molecule has 0 unspecified atom stereocenters. The van der Waals surface area contributed by atoms with Crippen LogP contribution in [0.5, 0.6) is 0 Å². The number of aliphatic hydroxyl groups excluding tert-OH is 1. The van der Waals surface area contributed by atoms with Gasteiger partial charge in [-0.2, -0.15) is 0 Å². The van der Waals surface area contributed by atoms with Crippen LogP contribution in [0.15, 0.2) is 54.7 Å². The molecule has 1 radical (unpaired) electrons. The standard InChI is InChI=1S/C39H47N10O5/c1-38(2)15-23(16-39(3,4)49(38)54)48-19-22(45-46-48)17-41-35(51)33(21-50)44-36(52)34-14-27-25-10-6-8-12-29(25)43-32(27)20-47(34)37(53)30-13-26-24-9-5-7-11-28(24)42-31(26)18-40-30/h5-12,19,23,30,33-34,40,42-43,50H,13-18,20-21H2,1-4H3,(H,41,51)(H,44,52)/t30-,33+,34-/m0/s1. The summed E-state index contributed by atoms with van der Waals surface area (Å²) in [6.45, 7) is 7.73. The van der Waals surface area contributed by atoms with Crippen LogP contribution in [-0.2, 0) is 52.1 Å². The molecule has 0 spiro atoms. The fourth-order valence-electron chi connectivity index (χ4n) is 8.92. The van der Waals surface area contributed by atoms with E-state index in [1.54, 1.807) is 15.8 Å². The largest absolute Gasteiger partial charge is 0.394 e. The topological polar surface area (TPSA) is 196 Å². The van der Waals surface area contributed by atoms with Gasteiger partial charge in [-0.05, 0) is 70.2 Å². The van der Waals surface area contributed by atoms with Gasteiger partial charge < -0.3 is 30.6 Å². The van der Waals surface area contributed by atoms with Gasteiger partial charge in [0.05, 0.1) is 38.0 Å². The van der Waals surface area contributed by atoms with E-state index >= 15 is 0 Å². The van der Waals surface area contributed by atoms with Gasteiger partial charge in [0.15, 0.2) is 0 Å². The number of aromatic nitrogens is 5. The molecule has 0 bridgehead atoms. The van der Waals surface area contributed by atoms with Gasteiger partial charge in [-0.3, -0.25) is 19.7 Å². The molecule has 3 atom stereocenters. The van der Waals surface area contributed by atoms with E-state index in [-0.39, 0.29) is 31.5 Å². The maximum Gasteiger partial charge on any atom is 0.245 e. The minimum Gasteiger partial charge on any atom is -0.394 e. The van der Waals surface area contributed by atoms with Crippen molar-refractivity contribution in [3.8, 4) is 0 Å². The number of aromatic amines is 2. The Bertz CT molecular complexity index is 2220. The summed E-state index contributed by atoms with van der Waals surface area (Å²) in [7, 11) is 0. The lowest BCUT2D eigenvalue weighted by molar-refractivity contribution is -0.293. The summed E-state index contributed by atoms with van der Waals surface area (Å²) in [5.41, 5.74) is 5.22. The lowest BCUT2D eigenvalue weighted by atomic mass is 9.79. The van der Waals surface area contributed by atoms with Crippen molar-refractivity contribution in [1.82, 2.24) is 50.9 Å². The molecule has 6 N–H and O–H groups in total. The molecule has 3 aliphatic heterocycles. The number of benzene rings is 2. The number of fused-ring (bicyclic) bond motifs is 6. The molecular weight excluding hydrogens is 688 g/mol. The quantitative estimate of drug-likeness (QED) is 0.140. The molecular formula is C39H47N10O5. The Morgan fingerprint density at radius 2 is 1.56 bits per heavy atom. The van der Waals surface area contributed by atoms with E-state index < -0.39 is 47.6 Å². The third kappa shape index (κ3) is 6.44. The molecule has 0 saturated carbocycles. The molecule has 1 fully saturated rings. The lowest BCUT2D eigenvalue weighted by Gasteiger charge is -2.49. The van der Waals surface area contributed by atoms with E-state index in [2.05, 4.69) is 36.2 Å². The smallest absolute Gasteiger partial charge is 0.245 e. The van der Waals surface area contributed by atoms with Gasteiger partial charge >= 0.3 is 0 Å². The first-order chi connectivity index (χ1) is 25.8. The SMILES string of the molecule is CC1(C)CC(n2cc(CNC(=O)[C@@H](CO)NC(=O)[C@@H]3Cc4c([nH]c5ccccc45)CN3C(=O)[C@@H]3Cc4c([nH]c5ccccc45)CN3)nn2)CC(C)(C)N1[O]. The van der Waals surface area contributed by atoms with Gasteiger partial charge in [0.1, 0.15) is 17.8 Å². The van der Waals surface area contributed by atoms with E-state index in [0.717, 1.165) is 49.4 Å². The summed E-state index contributed by atoms with van der Waals surface area (Å²) >= 11 is 0. The Kier molecular flexibility index (Phi) is 9.07. The fraction of sp³-hybridized carbons (Fsp3) is 0.462. The molecule has 8 rings (SSSR count). The van der Waals surface area contributed by atoms with Gasteiger partial charge in [-0.15, -0.1) is 15.4 Å². The lowest BCUT2D eigenvalue weighted by Crippen LogP contribution is -2.60. The number of aliphatic hydroxyl groups is 1. The fourth-order valence-corrected chi connectivity index (χ4v) is 8.92. The van der Waals surface area contributed by atoms with Crippen molar-refractivity contribution in [2.24, 2.45) is 0 Å². The second-order valence-electron chi connectivity index (χ2n) is 16.2. The second-order valence-corrected chi connectivity index (χ2v) is 16.2. The summed E-state index contributed by atoms with van der Waals surface area (Å²) in [6, 6.07) is 13.1. The molecule has 1 saturated heterocycles. The summed E-state index contributed by atoms with van der Waals surface area (Å²) in [6.07, 6.45) is 3.64. The maximum absolute atomic E-state index is 14.4. The van der Waals surface area contributed by atoms with Crippen LogP contribution in [-0.4, -0.2) is 93.6 Å². The van der Waals surface area contributed by atoms with Crippen molar-refractivity contribution in [1.29, 1.82) is 0 Å². The first-order valence-electron chi connectivity index (χ1n) is 18.6. The molecule has 283 valence electrons. The van der Waals surface area contributed by atoms with Gasteiger partial charge in [0, 0.05) is 57.2 Å². The third-order valence-electron chi connectivity index (χ3n) is 11.5. The van der Waals surface area contributed by atoms with E-state index in [9.17, 15) is 24.7 Å². The minimum absolute atomic E-state index is 0.0221. The molecule has 15 heteroatoms. The van der Waals surface area contributed by atoms with Crippen LogP contribution in [0.3, 0.4) is 0 Å². The summed E-state index contributed by atoms with van der Waals surface area (Å²) in [5, 5.41) is 43.8. The van der Waals surface area contributed by atoms with Crippen molar-refractivity contribution in [3.05, 3.63) is 82.9 Å². The van der Waals surface area contributed by atoms with Crippen molar-refractivity contribution in [2.75, 3.05) is 6.61 Å². The average molecular weight is 736 g/mol. The molecule has 5 aromatic rings. The molecule has 3 amide bonds. The van der Waals surface area contributed by atoms with Crippen molar-refractivity contribution >= 4 is 39.5 Å². The van der Waals surface area contributed by atoms with E-state index in [4.69, 9.17) is 0 Å². The van der Waals surface area contributed by atoms with Gasteiger partial charge in [0.2, 0.25) is 17.7 Å². The van der Waals surface area contributed by atoms with Crippen molar-refractivity contribution in [3.63, 3.8) is 0 Å². The first kappa shape index (κ1) is 35.9. The zero-order chi connectivity index (χ0) is 37.9. The van der Waals surface area contributed by atoms with Gasteiger partial charge in [-0.1, -0.05) is 41.6 Å². The Hall–Kier alpha value is -5.09. The summed E-state index contributed by atoms with van der Waals surface area (Å²) in [5.74, 6) is -1.33. The zero-order valence-electron chi connectivity index (χ0n) is 31.0.